The Balaban J connectivity index is 1.42. The van der Waals surface area contributed by atoms with Crippen LogP contribution in [0.3, 0.4) is 0 Å². The minimum absolute atomic E-state index is 0.0919. The van der Waals surface area contributed by atoms with Crippen LogP contribution in [0.25, 0.3) is 6.08 Å². The number of Topliss-reactive ketones (excluding diaryl/α,β-unsaturated/α-hetero) is 1. The molecular formula is C30H23Cl3N2O5S. The summed E-state index contributed by atoms with van der Waals surface area (Å²) in [4.78, 5) is 32.0. The van der Waals surface area contributed by atoms with Gasteiger partial charge in [0.25, 0.3) is 5.56 Å². The predicted molar refractivity (Wildman–Crippen MR) is 160 cm³/mol. The lowest BCUT2D eigenvalue weighted by atomic mass is 9.79. The molecule has 0 N–H and O–H groups in total. The number of carbonyl (C=O) groups excluding carboxylic acids is 1. The predicted octanol–water partition coefficient (Wildman–Crippen LogP) is 5.82. The van der Waals surface area contributed by atoms with Crippen molar-refractivity contribution >= 4 is 58.0 Å². The van der Waals surface area contributed by atoms with Gasteiger partial charge in [-0.05, 0) is 55.8 Å². The molecule has 0 unspecified atom stereocenters. The van der Waals surface area contributed by atoms with Crippen molar-refractivity contribution < 1.29 is 19.0 Å². The summed E-state index contributed by atoms with van der Waals surface area (Å²) < 4.78 is 19.8. The smallest absolute Gasteiger partial charge is 0.270 e. The van der Waals surface area contributed by atoms with Gasteiger partial charge in [-0.2, -0.15) is 0 Å². The van der Waals surface area contributed by atoms with E-state index >= 15 is 0 Å². The van der Waals surface area contributed by atoms with Gasteiger partial charge in [-0.3, -0.25) is 14.2 Å². The van der Waals surface area contributed by atoms with E-state index in [4.69, 9.17) is 54.0 Å². The van der Waals surface area contributed by atoms with E-state index in [9.17, 15) is 9.59 Å². The van der Waals surface area contributed by atoms with Crippen molar-refractivity contribution in [3.63, 3.8) is 0 Å². The van der Waals surface area contributed by atoms with Crippen molar-refractivity contribution in [3.05, 3.63) is 106 Å². The summed E-state index contributed by atoms with van der Waals surface area (Å²) in [6.45, 7) is 3.42. The number of halogens is 3. The first kappa shape index (κ1) is 27.8. The van der Waals surface area contributed by atoms with Crippen LogP contribution in [-0.4, -0.2) is 23.2 Å². The summed E-state index contributed by atoms with van der Waals surface area (Å²) in [6, 6.07) is 15.6. The van der Waals surface area contributed by atoms with Crippen LogP contribution in [0.1, 0.15) is 36.6 Å². The molecule has 6 rings (SSSR count). The summed E-state index contributed by atoms with van der Waals surface area (Å²) in [5, 5.41) is 0.984. The van der Waals surface area contributed by atoms with Gasteiger partial charge in [0.15, 0.2) is 10.6 Å². The molecule has 0 radical (unpaired) electrons. The molecule has 210 valence electrons. The van der Waals surface area contributed by atoms with Crippen LogP contribution >= 0.6 is 46.1 Å². The Morgan fingerprint density at radius 3 is 2.59 bits per heavy atom. The van der Waals surface area contributed by atoms with Crippen LogP contribution in [0, 0.1) is 5.92 Å². The summed E-state index contributed by atoms with van der Waals surface area (Å²) in [5.74, 6) is 0.797. The highest BCUT2D eigenvalue weighted by Gasteiger charge is 2.53. The van der Waals surface area contributed by atoms with Gasteiger partial charge < -0.3 is 14.2 Å². The van der Waals surface area contributed by atoms with E-state index in [0.29, 0.717) is 41.7 Å². The maximum atomic E-state index is 13.9. The number of hydrogen-bond donors (Lipinski definition) is 0. The minimum Gasteiger partial charge on any atom is -0.496 e. The molecule has 41 heavy (non-hydrogen) atoms. The first-order valence-electron chi connectivity index (χ1n) is 12.6. The van der Waals surface area contributed by atoms with Crippen LogP contribution in [0.4, 0.5) is 0 Å². The first-order valence-corrected chi connectivity index (χ1v) is 14.6. The van der Waals surface area contributed by atoms with Crippen LogP contribution in [0.5, 0.6) is 17.2 Å². The zero-order chi connectivity index (χ0) is 29.1. The molecule has 0 saturated heterocycles. The highest BCUT2D eigenvalue weighted by Crippen LogP contribution is 2.47. The number of ketones is 1. The van der Waals surface area contributed by atoms with Crippen molar-refractivity contribution in [1.29, 1.82) is 0 Å². The Morgan fingerprint density at radius 2 is 1.88 bits per heavy atom. The summed E-state index contributed by atoms with van der Waals surface area (Å²) in [6.07, 6.45) is 1.79. The van der Waals surface area contributed by atoms with Crippen molar-refractivity contribution in [2.24, 2.45) is 10.9 Å². The van der Waals surface area contributed by atoms with Crippen molar-refractivity contribution in [3.8, 4) is 17.2 Å². The lowest BCUT2D eigenvalue weighted by Gasteiger charge is -2.45. The van der Waals surface area contributed by atoms with E-state index < -0.39 is 17.7 Å². The highest BCUT2D eigenvalue weighted by molar-refractivity contribution is 7.07. The van der Waals surface area contributed by atoms with E-state index in [-0.39, 0.29) is 17.9 Å². The number of benzene rings is 3. The second-order valence-electron chi connectivity index (χ2n) is 9.97. The average Bonchev–Trinajstić information content (AvgIpc) is 3.20. The van der Waals surface area contributed by atoms with Crippen molar-refractivity contribution in [2.75, 3.05) is 7.11 Å². The second kappa shape index (κ2) is 10.5. The zero-order valence-corrected chi connectivity index (χ0v) is 25.2. The van der Waals surface area contributed by atoms with Crippen LogP contribution in [0.15, 0.2) is 64.4 Å². The molecule has 4 aromatic rings. The number of para-hydroxylation sites is 1. The summed E-state index contributed by atoms with van der Waals surface area (Å²) in [7, 11) is 1.57. The highest BCUT2D eigenvalue weighted by atomic mass is 35.5. The molecule has 0 spiro atoms. The molecule has 3 heterocycles. The number of thiazole rings is 1. The SMILES string of the molecule is COc1ccc(/C=c2/sc3n(c2=O)[C@H]2c4ccccc4O[C@@](C)(N=3)[C@@H]2C(C)=O)cc1COc1c(Cl)cc(Cl)cc1Cl. The Morgan fingerprint density at radius 1 is 1.15 bits per heavy atom. The van der Waals surface area contributed by atoms with Crippen LogP contribution in [0.2, 0.25) is 15.1 Å². The molecule has 2 aliphatic rings. The molecule has 2 bridgehead atoms. The molecule has 3 aromatic carbocycles. The fourth-order valence-electron chi connectivity index (χ4n) is 5.53. The molecule has 3 atom stereocenters. The lowest BCUT2D eigenvalue weighted by Crippen LogP contribution is -2.58. The number of ether oxygens (including phenoxy) is 3. The van der Waals surface area contributed by atoms with E-state index in [1.807, 2.05) is 36.4 Å². The Bertz CT molecular complexity index is 1880. The molecule has 0 aliphatic carbocycles. The summed E-state index contributed by atoms with van der Waals surface area (Å²) in [5.41, 5.74) is 0.918. The number of hydrogen-bond acceptors (Lipinski definition) is 7. The fourth-order valence-corrected chi connectivity index (χ4v) is 7.55. The maximum absolute atomic E-state index is 13.9. The van der Waals surface area contributed by atoms with Gasteiger partial charge in [-0.25, -0.2) is 4.99 Å². The van der Waals surface area contributed by atoms with Crippen molar-refractivity contribution in [1.82, 2.24) is 4.57 Å². The normalized spacial score (nSPS) is 20.9. The lowest BCUT2D eigenvalue weighted by molar-refractivity contribution is -0.132. The standard InChI is InChI=1S/C30H23Cl3N2O5S/c1-15(36)25-26-19-6-4-5-7-23(19)40-30(25,2)34-29-35(26)28(37)24(41-29)11-16-8-9-22(38-3)17(10-16)14-39-27-20(32)12-18(31)13-21(27)33/h4-13,25-26H,14H2,1-3H3/b24-11+/t25-,26+,30-/m1/s1. The topological polar surface area (TPSA) is 79.1 Å². The molecule has 2 aliphatic heterocycles. The first-order chi connectivity index (χ1) is 19.6. The van der Waals surface area contributed by atoms with Crippen molar-refractivity contribution in [2.45, 2.75) is 32.2 Å². The minimum atomic E-state index is -1.12. The number of aromatic nitrogens is 1. The zero-order valence-electron chi connectivity index (χ0n) is 22.1. The molecular weight excluding hydrogens is 607 g/mol. The van der Waals surface area contributed by atoms with Gasteiger partial charge in [0, 0.05) is 16.1 Å². The molecule has 1 aromatic heterocycles. The van der Waals surface area contributed by atoms with E-state index in [0.717, 1.165) is 16.7 Å². The third-order valence-electron chi connectivity index (χ3n) is 7.26. The molecule has 0 saturated carbocycles. The molecule has 11 heteroatoms. The number of nitrogens with zero attached hydrogens (tertiary/aromatic N) is 2. The maximum Gasteiger partial charge on any atom is 0.270 e. The Labute approximate surface area is 254 Å². The van der Waals surface area contributed by atoms with Gasteiger partial charge >= 0.3 is 0 Å². The van der Waals surface area contributed by atoms with Gasteiger partial charge in [0.05, 0.1) is 27.7 Å². The monoisotopic (exact) mass is 628 g/mol. The van der Waals surface area contributed by atoms with Gasteiger partial charge in [0.1, 0.15) is 29.8 Å². The molecule has 7 nitrogen and oxygen atoms in total. The third kappa shape index (κ3) is 4.83. The van der Waals surface area contributed by atoms with Crippen LogP contribution < -0.4 is 29.1 Å². The molecule has 0 fully saturated rings. The number of rotatable bonds is 6. The number of carbonyl (C=O) groups is 1. The largest absolute Gasteiger partial charge is 0.496 e. The average molecular weight is 630 g/mol. The Kier molecular flexibility index (Phi) is 7.14. The number of fused-ring (bicyclic) bond motifs is 6. The fraction of sp³-hybridized carbons (Fsp3) is 0.233. The second-order valence-corrected chi connectivity index (χ2v) is 12.2. The number of methoxy groups -OCH3 is 1. The Hall–Kier alpha value is -3.30. The van der Waals surface area contributed by atoms with E-state index in [1.165, 1.54) is 18.3 Å². The molecule has 0 amide bonds. The van der Waals surface area contributed by atoms with Crippen LogP contribution in [-0.2, 0) is 11.4 Å². The van der Waals surface area contributed by atoms with Gasteiger partial charge in [0.2, 0.25) is 5.72 Å². The van der Waals surface area contributed by atoms with Gasteiger partial charge in [-0.15, -0.1) is 0 Å². The summed E-state index contributed by atoms with van der Waals surface area (Å²) >= 11 is 19.8. The van der Waals surface area contributed by atoms with E-state index in [2.05, 4.69) is 0 Å². The van der Waals surface area contributed by atoms with E-state index in [1.54, 1.807) is 42.9 Å². The third-order valence-corrected chi connectivity index (χ3v) is 9.02. The van der Waals surface area contributed by atoms with Gasteiger partial charge in [-0.1, -0.05) is 70.4 Å². The quantitative estimate of drug-likeness (QED) is 0.269.